The molecule has 4 nitrogen and oxygen atoms in total. The van der Waals surface area contributed by atoms with E-state index in [1.165, 1.54) is 0 Å². The lowest BCUT2D eigenvalue weighted by Gasteiger charge is -2.42. The molecule has 1 N–H and O–H groups in total. The van der Waals surface area contributed by atoms with Gasteiger partial charge in [0.05, 0.1) is 25.7 Å². The van der Waals surface area contributed by atoms with E-state index < -0.39 is 19.1 Å². The summed E-state index contributed by atoms with van der Waals surface area (Å²) in [5.74, 6) is 0.547. The molecule has 2 rings (SSSR count). The summed E-state index contributed by atoms with van der Waals surface area (Å²) in [7, 11) is -1.69. The lowest BCUT2D eigenvalue weighted by Crippen LogP contribution is -2.52. The molecule has 23 heavy (non-hydrogen) atoms. The van der Waals surface area contributed by atoms with Crippen LogP contribution in [0.4, 0.5) is 0 Å². The second-order valence-electron chi connectivity index (χ2n) is 8.88. The maximum Gasteiger partial charge on any atom is 0.210 e. The van der Waals surface area contributed by atoms with Crippen LogP contribution in [0.3, 0.4) is 0 Å². The second-order valence-corrected chi connectivity index (χ2v) is 14.3. The topological polar surface area (TPSA) is 55.8 Å². The highest BCUT2D eigenvalue weighted by Crippen LogP contribution is 2.65. The van der Waals surface area contributed by atoms with Crippen LogP contribution in [0.25, 0.3) is 0 Å². The number of hydrogen-bond donors (Lipinski definition) is 1. The molecule has 0 amide bonds. The zero-order valence-electron chi connectivity index (χ0n) is 15.8. The minimum atomic E-state index is -1.69. The first kappa shape index (κ1) is 18.5. The Morgan fingerprint density at radius 1 is 1.13 bits per heavy atom. The summed E-state index contributed by atoms with van der Waals surface area (Å²) in [5, 5.41) is 11.8. The molecule has 0 aromatic carbocycles. The number of ether oxygens (including phenoxy) is 2. The SMILES string of the molecule is CC(C)OC1=C(OC(C)C)[C@@]2(O)[C@H]([Si](C)(C)C)CC[C@@]2(C)C1=O. The molecule has 2 aliphatic carbocycles. The normalized spacial score (nSPS) is 34.6. The highest BCUT2D eigenvalue weighted by molar-refractivity contribution is 6.78. The molecule has 132 valence electrons. The van der Waals surface area contributed by atoms with Gasteiger partial charge < -0.3 is 14.6 Å². The number of hydrogen-bond acceptors (Lipinski definition) is 4. The van der Waals surface area contributed by atoms with Crippen molar-refractivity contribution in [3.8, 4) is 0 Å². The standard InChI is InChI=1S/C18H32O4Si/c1-11(2)21-14-15(19)17(5)10-9-13(23(6,7)8)18(17,20)16(14)22-12(3)4/h11-13,20H,9-10H2,1-8H3/t13-,17+,18+/m1/s1. The van der Waals surface area contributed by atoms with Gasteiger partial charge in [0.1, 0.15) is 5.60 Å². The molecule has 0 aliphatic heterocycles. The van der Waals surface area contributed by atoms with E-state index in [1.807, 2.05) is 34.6 Å². The maximum absolute atomic E-state index is 13.1. The first-order valence-electron chi connectivity index (χ1n) is 8.71. The first-order valence-corrected chi connectivity index (χ1v) is 12.3. The smallest absolute Gasteiger partial charge is 0.210 e. The molecule has 0 bridgehead atoms. The number of carbonyl (C=O) groups is 1. The molecule has 1 fully saturated rings. The fourth-order valence-electron chi connectivity index (χ4n) is 4.22. The van der Waals surface area contributed by atoms with Crippen molar-refractivity contribution in [3.05, 3.63) is 11.5 Å². The van der Waals surface area contributed by atoms with Crippen molar-refractivity contribution in [2.24, 2.45) is 5.41 Å². The highest BCUT2D eigenvalue weighted by Gasteiger charge is 2.72. The predicted octanol–water partition coefficient (Wildman–Crippen LogP) is 3.87. The lowest BCUT2D eigenvalue weighted by atomic mass is 9.76. The number of aliphatic hydroxyl groups is 1. The van der Waals surface area contributed by atoms with Gasteiger partial charge in [-0.3, -0.25) is 4.79 Å². The van der Waals surface area contributed by atoms with Crippen molar-refractivity contribution in [3.63, 3.8) is 0 Å². The van der Waals surface area contributed by atoms with Crippen LogP contribution in [0.1, 0.15) is 47.5 Å². The Hall–Kier alpha value is -0.813. The minimum absolute atomic E-state index is 0.0889. The van der Waals surface area contributed by atoms with Gasteiger partial charge in [-0.25, -0.2) is 0 Å². The van der Waals surface area contributed by atoms with Gasteiger partial charge in [0.2, 0.25) is 11.5 Å². The molecule has 0 saturated heterocycles. The Labute approximate surface area is 141 Å². The second kappa shape index (κ2) is 5.62. The molecular weight excluding hydrogens is 308 g/mol. The summed E-state index contributed by atoms with van der Waals surface area (Å²) in [6.07, 6.45) is 1.32. The Morgan fingerprint density at radius 3 is 2.09 bits per heavy atom. The van der Waals surface area contributed by atoms with E-state index in [0.717, 1.165) is 6.42 Å². The van der Waals surface area contributed by atoms with Crippen LogP contribution >= 0.6 is 0 Å². The van der Waals surface area contributed by atoms with E-state index in [1.54, 1.807) is 0 Å². The van der Waals surface area contributed by atoms with Crippen LogP contribution in [0.15, 0.2) is 11.5 Å². The van der Waals surface area contributed by atoms with Crippen LogP contribution < -0.4 is 0 Å². The molecule has 0 aromatic heterocycles. The van der Waals surface area contributed by atoms with Gasteiger partial charge in [0.15, 0.2) is 5.76 Å². The van der Waals surface area contributed by atoms with Gasteiger partial charge in [0.25, 0.3) is 0 Å². The third-order valence-electron chi connectivity index (χ3n) is 5.29. The summed E-state index contributed by atoms with van der Waals surface area (Å²) < 4.78 is 11.8. The lowest BCUT2D eigenvalue weighted by molar-refractivity contribution is -0.134. The van der Waals surface area contributed by atoms with E-state index in [-0.39, 0.29) is 29.3 Å². The third-order valence-corrected chi connectivity index (χ3v) is 8.09. The average molecular weight is 341 g/mol. The fourth-order valence-corrected chi connectivity index (χ4v) is 6.93. The van der Waals surface area contributed by atoms with Crippen molar-refractivity contribution in [1.82, 2.24) is 0 Å². The van der Waals surface area contributed by atoms with Crippen LogP contribution in [0.5, 0.6) is 0 Å². The number of carbonyl (C=O) groups excluding carboxylic acids is 1. The van der Waals surface area contributed by atoms with E-state index in [4.69, 9.17) is 9.47 Å². The highest BCUT2D eigenvalue weighted by atomic mass is 28.3. The summed E-state index contributed by atoms with van der Waals surface area (Å²) in [6.45, 7) is 16.3. The molecule has 5 heteroatoms. The van der Waals surface area contributed by atoms with Crippen molar-refractivity contribution in [2.45, 2.75) is 90.5 Å². The molecule has 1 saturated carbocycles. The van der Waals surface area contributed by atoms with Gasteiger partial charge >= 0.3 is 0 Å². The van der Waals surface area contributed by atoms with E-state index in [0.29, 0.717) is 12.2 Å². The number of fused-ring (bicyclic) bond motifs is 1. The molecule has 0 aromatic rings. The summed E-state index contributed by atoms with van der Waals surface area (Å²) in [6, 6.07) is 0. The van der Waals surface area contributed by atoms with Crippen LogP contribution in [-0.4, -0.2) is 36.8 Å². The number of ketones is 1. The monoisotopic (exact) mass is 340 g/mol. The Balaban J connectivity index is 2.63. The molecule has 0 heterocycles. The van der Waals surface area contributed by atoms with Crippen molar-refractivity contribution in [1.29, 1.82) is 0 Å². The predicted molar refractivity (Wildman–Crippen MR) is 93.9 cm³/mol. The summed E-state index contributed by atoms with van der Waals surface area (Å²) in [4.78, 5) is 13.1. The molecule has 3 atom stereocenters. The summed E-state index contributed by atoms with van der Waals surface area (Å²) >= 11 is 0. The Bertz CT molecular complexity index is 532. The van der Waals surface area contributed by atoms with Crippen molar-refractivity contribution >= 4 is 13.9 Å². The fraction of sp³-hybridized carbons (Fsp3) is 0.833. The van der Waals surface area contributed by atoms with Gasteiger partial charge in [-0.15, -0.1) is 0 Å². The maximum atomic E-state index is 13.1. The number of rotatable bonds is 5. The molecule has 0 unspecified atom stereocenters. The molecular formula is C18H32O4Si. The zero-order chi connectivity index (χ0) is 17.8. The van der Waals surface area contributed by atoms with Gasteiger partial charge in [0, 0.05) is 0 Å². The van der Waals surface area contributed by atoms with Gasteiger partial charge in [-0.1, -0.05) is 19.6 Å². The third kappa shape index (κ3) is 2.66. The largest absolute Gasteiger partial charge is 0.488 e. The van der Waals surface area contributed by atoms with Crippen LogP contribution in [0.2, 0.25) is 25.2 Å². The molecule has 2 aliphatic rings. The molecule has 0 spiro atoms. The van der Waals surface area contributed by atoms with Crippen LogP contribution in [-0.2, 0) is 14.3 Å². The van der Waals surface area contributed by atoms with Crippen LogP contribution in [0, 0.1) is 5.41 Å². The van der Waals surface area contributed by atoms with E-state index >= 15 is 0 Å². The van der Waals surface area contributed by atoms with E-state index in [2.05, 4.69) is 19.6 Å². The quantitative estimate of drug-likeness (QED) is 0.772. The van der Waals surface area contributed by atoms with Crippen molar-refractivity contribution in [2.75, 3.05) is 0 Å². The average Bonchev–Trinajstić information content (AvgIpc) is 2.72. The Kier molecular flexibility index (Phi) is 4.53. The minimum Gasteiger partial charge on any atom is -0.488 e. The summed E-state index contributed by atoms with van der Waals surface area (Å²) in [5.41, 5.74) is -1.97. The first-order chi connectivity index (χ1) is 10.4. The number of Topliss-reactive ketones (excluding diaryl/α,β-unsaturated/α-hetero) is 1. The van der Waals surface area contributed by atoms with Crippen molar-refractivity contribution < 1.29 is 19.4 Å². The number of allylic oxidation sites excluding steroid dienone is 1. The van der Waals surface area contributed by atoms with Gasteiger partial charge in [-0.2, -0.15) is 0 Å². The Morgan fingerprint density at radius 2 is 1.65 bits per heavy atom. The van der Waals surface area contributed by atoms with E-state index in [9.17, 15) is 9.90 Å². The molecule has 0 radical (unpaired) electrons. The van der Waals surface area contributed by atoms with Gasteiger partial charge in [-0.05, 0) is 53.0 Å². The zero-order valence-corrected chi connectivity index (χ0v) is 16.8.